The second kappa shape index (κ2) is 6.79. The largest absolute Gasteiger partial charge is 0.361 e. The van der Waals surface area contributed by atoms with Crippen LogP contribution in [0.1, 0.15) is 33.5 Å². The fourth-order valence-electron chi connectivity index (χ4n) is 4.47. The minimum absolute atomic E-state index is 1.12. The van der Waals surface area contributed by atoms with Gasteiger partial charge in [-0.3, -0.25) is 9.97 Å². The van der Waals surface area contributed by atoms with Crippen molar-refractivity contribution in [3.05, 3.63) is 82.7 Å². The lowest BCUT2D eigenvalue weighted by atomic mass is 9.90. The monoisotopic (exact) mass is 368 g/mol. The Morgan fingerprint density at radius 3 is 2.18 bits per heavy atom. The van der Waals surface area contributed by atoms with Gasteiger partial charge in [0.05, 0.1) is 0 Å². The van der Waals surface area contributed by atoms with Crippen molar-refractivity contribution in [3.63, 3.8) is 0 Å². The molecule has 6 rings (SSSR count). The van der Waals surface area contributed by atoms with Crippen LogP contribution in [0.2, 0.25) is 0 Å². The third kappa shape index (κ3) is 2.85. The number of aryl methyl sites for hydroxylation is 5. The summed E-state index contributed by atoms with van der Waals surface area (Å²) in [5, 5.41) is 0. The Morgan fingerprint density at radius 2 is 1.43 bits per heavy atom. The molecule has 0 fully saturated rings. The summed E-state index contributed by atoms with van der Waals surface area (Å²) < 4.78 is 0. The van der Waals surface area contributed by atoms with Gasteiger partial charge >= 0.3 is 0 Å². The lowest BCUT2D eigenvalue weighted by molar-refractivity contribution is 0.924. The van der Waals surface area contributed by atoms with Crippen molar-refractivity contribution in [3.8, 4) is 22.5 Å². The maximum atomic E-state index is 4.16. The van der Waals surface area contributed by atoms with Gasteiger partial charge in [0, 0.05) is 59.2 Å². The molecule has 0 amide bonds. The molecule has 0 radical (unpaired) electrons. The lowest BCUT2D eigenvalue weighted by Gasteiger charge is -2.15. The van der Waals surface area contributed by atoms with Crippen LogP contribution in [0.15, 0.2) is 49.2 Å². The smallest absolute Gasteiger partial charge is 0.0493 e. The van der Waals surface area contributed by atoms with Crippen molar-refractivity contribution >= 4 is 0 Å². The average molecular weight is 368 g/mol. The maximum absolute atomic E-state index is 4.16. The predicted molar refractivity (Wildman–Crippen MR) is 112 cm³/mol. The zero-order valence-corrected chi connectivity index (χ0v) is 16.3. The molecule has 0 bridgehead atoms. The molecule has 4 heteroatoms. The van der Waals surface area contributed by atoms with Crippen molar-refractivity contribution in [1.29, 1.82) is 0 Å². The molecule has 4 heterocycles. The highest BCUT2D eigenvalue weighted by Crippen LogP contribution is 2.34. The topological polar surface area (TPSA) is 57.4 Å². The van der Waals surface area contributed by atoms with Gasteiger partial charge in [0.25, 0.3) is 0 Å². The fourth-order valence-corrected chi connectivity index (χ4v) is 4.47. The number of rotatable bonds is 0. The third-order valence-corrected chi connectivity index (χ3v) is 5.90. The standard InChI is InChI=1S/2C12H12N2/c1-8-6-14-12-10(8)3-2-9-7-13-5-4-11(9)12;1-8-6-9-2-3-10-7-13-5-4-11(10)12(9)14-8/h2*4-7,14H,2-3H2,1H3. The van der Waals surface area contributed by atoms with E-state index in [1.807, 2.05) is 24.8 Å². The Bertz CT molecular complexity index is 1110. The number of nitrogens with zero attached hydrogens (tertiary/aromatic N) is 2. The molecule has 0 unspecified atom stereocenters. The summed E-state index contributed by atoms with van der Waals surface area (Å²) in [6.07, 6.45) is 14.3. The molecule has 4 nitrogen and oxygen atoms in total. The van der Waals surface area contributed by atoms with Gasteiger partial charge in [-0.2, -0.15) is 0 Å². The van der Waals surface area contributed by atoms with E-state index in [0.29, 0.717) is 0 Å². The Hall–Kier alpha value is -3.14. The van der Waals surface area contributed by atoms with Crippen LogP contribution in [0, 0.1) is 13.8 Å². The molecule has 2 N–H and O–H groups in total. The molecule has 4 aromatic rings. The van der Waals surface area contributed by atoms with E-state index in [0.717, 1.165) is 25.7 Å². The number of hydrogen-bond donors (Lipinski definition) is 2. The second-order valence-electron chi connectivity index (χ2n) is 7.74. The van der Waals surface area contributed by atoms with Crippen LogP contribution < -0.4 is 0 Å². The Morgan fingerprint density at radius 1 is 0.786 bits per heavy atom. The number of nitrogens with one attached hydrogen (secondary N) is 2. The SMILES string of the molecule is Cc1c[nH]c2c1CCc1cnccc1-2.Cc1cc2c([nH]1)-c1ccncc1CC2. The molecular formula is C24H24N4. The maximum Gasteiger partial charge on any atom is 0.0493 e. The summed E-state index contributed by atoms with van der Waals surface area (Å²) in [6.45, 7) is 4.28. The molecule has 0 saturated heterocycles. The summed E-state index contributed by atoms with van der Waals surface area (Å²) in [7, 11) is 0. The molecule has 4 aromatic heterocycles. The molecule has 0 atom stereocenters. The van der Waals surface area contributed by atoms with Gasteiger partial charge < -0.3 is 9.97 Å². The molecular weight excluding hydrogens is 344 g/mol. The number of aromatic nitrogens is 4. The van der Waals surface area contributed by atoms with Crippen LogP contribution in [0.25, 0.3) is 22.5 Å². The van der Waals surface area contributed by atoms with Crippen LogP contribution in [-0.2, 0) is 25.7 Å². The van der Waals surface area contributed by atoms with E-state index in [9.17, 15) is 0 Å². The molecule has 2 aliphatic carbocycles. The number of H-pyrrole nitrogens is 2. The third-order valence-electron chi connectivity index (χ3n) is 5.90. The normalized spacial score (nSPS) is 13.5. The van der Waals surface area contributed by atoms with E-state index in [2.05, 4.69) is 58.2 Å². The van der Waals surface area contributed by atoms with Gasteiger partial charge in [0.15, 0.2) is 0 Å². The minimum atomic E-state index is 1.12. The van der Waals surface area contributed by atoms with E-state index in [1.165, 1.54) is 56.0 Å². The Labute approximate surface area is 165 Å². The Balaban J connectivity index is 0.000000122. The molecule has 28 heavy (non-hydrogen) atoms. The molecule has 0 aromatic carbocycles. The van der Waals surface area contributed by atoms with Gasteiger partial charge in [-0.1, -0.05) is 0 Å². The van der Waals surface area contributed by atoms with E-state index in [-0.39, 0.29) is 0 Å². The average Bonchev–Trinajstić information content (AvgIpc) is 3.31. The first-order valence-electron chi connectivity index (χ1n) is 9.92. The van der Waals surface area contributed by atoms with Crippen molar-refractivity contribution in [2.75, 3.05) is 0 Å². The van der Waals surface area contributed by atoms with Gasteiger partial charge in [-0.25, -0.2) is 0 Å². The fraction of sp³-hybridized carbons (Fsp3) is 0.250. The number of fused-ring (bicyclic) bond motifs is 6. The van der Waals surface area contributed by atoms with E-state index in [1.54, 1.807) is 0 Å². The van der Waals surface area contributed by atoms with Crippen LogP contribution >= 0.6 is 0 Å². The van der Waals surface area contributed by atoms with E-state index in [4.69, 9.17) is 0 Å². The highest BCUT2D eigenvalue weighted by atomic mass is 14.7. The molecule has 0 spiro atoms. The Kier molecular flexibility index (Phi) is 4.12. The minimum Gasteiger partial charge on any atom is -0.361 e. The second-order valence-corrected chi connectivity index (χ2v) is 7.74. The summed E-state index contributed by atoms with van der Waals surface area (Å²) in [4.78, 5) is 15.1. The number of hydrogen-bond acceptors (Lipinski definition) is 2. The molecule has 0 saturated carbocycles. The molecule has 2 aliphatic rings. The van der Waals surface area contributed by atoms with Crippen molar-refractivity contribution in [2.45, 2.75) is 39.5 Å². The highest BCUT2D eigenvalue weighted by molar-refractivity contribution is 5.71. The van der Waals surface area contributed by atoms with Crippen LogP contribution in [0.5, 0.6) is 0 Å². The lowest BCUT2D eigenvalue weighted by Crippen LogP contribution is -2.03. The van der Waals surface area contributed by atoms with Gasteiger partial charge in [-0.15, -0.1) is 0 Å². The summed E-state index contributed by atoms with van der Waals surface area (Å²) >= 11 is 0. The number of pyridine rings is 2. The van der Waals surface area contributed by atoms with E-state index >= 15 is 0 Å². The van der Waals surface area contributed by atoms with Gasteiger partial charge in [0.1, 0.15) is 0 Å². The van der Waals surface area contributed by atoms with Gasteiger partial charge in [0.2, 0.25) is 0 Å². The molecule has 140 valence electrons. The summed E-state index contributed by atoms with van der Waals surface area (Å²) in [5.74, 6) is 0. The van der Waals surface area contributed by atoms with Crippen molar-refractivity contribution in [1.82, 2.24) is 19.9 Å². The summed E-state index contributed by atoms with van der Waals surface area (Å²) in [6, 6.07) is 6.45. The molecule has 0 aliphatic heterocycles. The van der Waals surface area contributed by atoms with Crippen molar-refractivity contribution < 1.29 is 0 Å². The van der Waals surface area contributed by atoms with E-state index < -0.39 is 0 Å². The first-order chi connectivity index (χ1) is 13.7. The zero-order chi connectivity index (χ0) is 19.1. The summed E-state index contributed by atoms with van der Waals surface area (Å²) in [5.41, 5.74) is 13.5. The van der Waals surface area contributed by atoms with Crippen LogP contribution in [-0.4, -0.2) is 19.9 Å². The van der Waals surface area contributed by atoms with Crippen LogP contribution in [0.3, 0.4) is 0 Å². The first kappa shape index (κ1) is 17.0. The van der Waals surface area contributed by atoms with Gasteiger partial charge in [-0.05, 0) is 85.5 Å². The van der Waals surface area contributed by atoms with Crippen molar-refractivity contribution in [2.24, 2.45) is 0 Å². The quantitative estimate of drug-likeness (QED) is 0.460. The highest BCUT2D eigenvalue weighted by Gasteiger charge is 2.18. The predicted octanol–water partition coefficient (Wildman–Crippen LogP) is 4.97. The van der Waals surface area contributed by atoms with Crippen LogP contribution in [0.4, 0.5) is 0 Å². The number of aromatic amines is 2. The zero-order valence-electron chi connectivity index (χ0n) is 16.3. The first-order valence-corrected chi connectivity index (χ1v) is 9.92.